The lowest BCUT2D eigenvalue weighted by Crippen LogP contribution is -2.18. The zero-order chi connectivity index (χ0) is 22.6. The molecule has 3 aromatic carbocycles. The molecule has 11 heteroatoms. The van der Waals surface area contributed by atoms with Crippen LogP contribution >= 0.6 is 11.6 Å². The molecule has 0 saturated heterocycles. The van der Waals surface area contributed by atoms with Gasteiger partial charge in [-0.25, -0.2) is 22.6 Å². The van der Waals surface area contributed by atoms with E-state index in [1.165, 1.54) is 30.3 Å². The maximum Gasteiger partial charge on any atom is 0.275 e. The maximum absolute atomic E-state index is 13.9. The minimum absolute atomic E-state index is 0.0153. The molecule has 1 amide bonds. The van der Waals surface area contributed by atoms with E-state index in [1.54, 1.807) is 12.1 Å². The van der Waals surface area contributed by atoms with Crippen LogP contribution < -0.4 is 10.1 Å². The van der Waals surface area contributed by atoms with Crippen LogP contribution in [0.15, 0.2) is 70.7 Å². The molecular weight excluding hydrogens is 452 g/mol. The molecule has 0 radical (unpaired) electrons. The topological polar surface area (TPSA) is 108 Å². The fraction of sp³-hybridized carbons (Fsp3) is 0. The second-order valence-electron chi connectivity index (χ2n) is 6.13. The number of hydrogen-bond acceptors (Lipinski definition) is 5. The van der Waals surface area contributed by atoms with Crippen LogP contribution in [0.5, 0.6) is 5.75 Å². The summed E-state index contributed by atoms with van der Waals surface area (Å²) in [7, 11) is -4.40. The number of benzene rings is 3. The molecule has 0 fully saturated rings. The number of phenols is 1. The third kappa shape index (κ3) is 5.36. The maximum atomic E-state index is 13.9. The van der Waals surface area contributed by atoms with Gasteiger partial charge >= 0.3 is 0 Å². The Bertz CT molecular complexity index is 1280. The third-order valence-electron chi connectivity index (χ3n) is 3.96. The molecule has 0 aromatic heterocycles. The van der Waals surface area contributed by atoms with Crippen LogP contribution in [0.25, 0.3) is 0 Å². The molecule has 0 spiro atoms. The predicted octanol–water partition coefficient (Wildman–Crippen LogP) is 3.89. The fourth-order valence-electron chi connectivity index (χ4n) is 2.51. The van der Waals surface area contributed by atoms with Gasteiger partial charge in [0.25, 0.3) is 15.9 Å². The molecule has 0 saturated carbocycles. The average Bonchev–Trinajstić information content (AvgIpc) is 2.69. The molecule has 160 valence electrons. The number of amides is 1. The number of nitrogens with one attached hydrogen (secondary N) is 2. The van der Waals surface area contributed by atoms with Crippen LogP contribution in [0.4, 0.5) is 14.5 Å². The summed E-state index contributed by atoms with van der Waals surface area (Å²) in [6.45, 7) is 0. The first-order valence-electron chi connectivity index (χ1n) is 8.56. The van der Waals surface area contributed by atoms with Crippen LogP contribution in [0.2, 0.25) is 5.02 Å². The van der Waals surface area contributed by atoms with Crippen molar-refractivity contribution in [3.8, 4) is 5.75 Å². The Labute approximate surface area is 181 Å². The van der Waals surface area contributed by atoms with Gasteiger partial charge in [0.2, 0.25) is 0 Å². The quantitative estimate of drug-likeness (QED) is 0.379. The molecule has 0 unspecified atom stereocenters. The van der Waals surface area contributed by atoms with Gasteiger partial charge < -0.3 is 5.11 Å². The number of para-hydroxylation sites is 1. The Balaban J connectivity index is 1.84. The lowest BCUT2D eigenvalue weighted by Gasteiger charge is -2.11. The van der Waals surface area contributed by atoms with E-state index >= 15 is 0 Å². The van der Waals surface area contributed by atoms with Gasteiger partial charge in [-0.2, -0.15) is 5.10 Å². The lowest BCUT2D eigenvalue weighted by atomic mass is 10.2. The van der Waals surface area contributed by atoms with E-state index in [-0.39, 0.29) is 27.6 Å². The van der Waals surface area contributed by atoms with Crippen molar-refractivity contribution >= 4 is 39.4 Å². The number of sulfonamides is 1. The third-order valence-corrected chi connectivity index (χ3v) is 5.59. The lowest BCUT2D eigenvalue weighted by molar-refractivity contribution is 0.0952. The smallest absolute Gasteiger partial charge is 0.275 e. The highest BCUT2D eigenvalue weighted by molar-refractivity contribution is 7.92. The average molecular weight is 466 g/mol. The molecule has 0 aliphatic rings. The molecular formula is C20H14ClF2N3O4S. The number of rotatable bonds is 6. The van der Waals surface area contributed by atoms with Gasteiger partial charge in [0, 0.05) is 16.7 Å². The Kier molecular flexibility index (Phi) is 6.52. The summed E-state index contributed by atoms with van der Waals surface area (Å²) in [5.41, 5.74) is 2.31. The van der Waals surface area contributed by atoms with E-state index in [9.17, 15) is 27.1 Å². The van der Waals surface area contributed by atoms with E-state index in [4.69, 9.17) is 11.6 Å². The van der Waals surface area contributed by atoms with E-state index in [0.29, 0.717) is 6.07 Å². The largest absolute Gasteiger partial charge is 0.507 e. The van der Waals surface area contributed by atoms with E-state index < -0.39 is 32.5 Å². The second kappa shape index (κ2) is 9.11. The predicted molar refractivity (Wildman–Crippen MR) is 112 cm³/mol. The summed E-state index contributed by atoms with van der Waals surface area (Å²) in [6, 6.07) is 11.9. The summed E-state index contributed by atoms with van der Waals surface area (Å²) >= 11 is 5.94. The van der Waals surface area contributed by atoms with Crippen LogP contribution in [0, 0.1) is 11.6 Å². The summed E-state index contributed by atoms with van der Waals surface area (Å²) in [4.78, 5) is 11.3. The summed E-state index contributed by atoms with van der Waals surface area (Å²) in [5, 5.41) is 13.7. The highest BCUT2D eigenvalue weighted by atomic mass is 35.5. The number of carbonyl (C=O) groups excluding carboxylic acids is 1. The molecule has 3 rings (SSSR count). The molecule has 0 bridgehead atoms. The molecule has 0 atom stereocenters. The number of hydrogen-bond donors (Lipinski definition) is 3. The van der Waals surface area contributed by atoms with Gasteiger partial charge in [0.05, 0.1) is 17.5 Å². The number of phenolic OH excluding ortho intramolecular Hbond substituents is 1. The van der Waals surface area contributed by atoms with Crippen molar-refractivity contribution in [3.63, 3.8) is 0 Å². The van der Waals surface area contributed by atoms with Crippen molar-refractivity contribution in [2.45, 2.75) is 4.90 Å². The van der Waals surface area contributed by atoms with E-state index in [2.05, 4.69) is 15.2 Å². The van der Waals surface area contributed by atoms with Gasteiger partial charge in [0.15, 0.2) is 0 Å². The first-order valence-corrected chi connectivity index (χ1v) is 10.4. The van der Waals surface area contributed by atoms with Gasteiger partial charge in [-0.05, 0) is 42.5 Å². The van der Waals surface area contributed by atoms with Gasteiger partial charge in [-0.3, -0.25) is 9.52 Å². The van der Waals surface area contributed by atoms with Crippen LogP contribution in [-0.2, 0) is 10.0 Å². The number of halogens is 3. The molecule has 3 aromatic rings. The standard InChI is InChI=1S/C20H14ClF2N3O4S/c21-13-5-7-17(26-31(29,30)19-8-6-14(22)10-16(19)23)12(9-13)11-24-25-20(28)15-3-1-2-4-18(15)27/h1-11,26-27H,(H,25,28)/b24-11+. The number of anilines is 1. The summed E-state index contributed by atoms with van der Waals surface area (Å²) < 4.78 is 54.2. The Morgan fingerprint density at radius 3 is 2.52 bits per heavy atom. The van der Waals surface area contributed by atoms with Crippen molar-refractivity contribution in [1.29, 1.82) is 0 Å². The number of carbonyl (C=O) groups is 1. The van der Waals surface area contributed by atoms with Crippen LogP contribution in [0.1, 0.15) is 15.9 Å². The molecule has 3 N–H and O–H groups in total. The Morgan fingerprint density at radius 1 is 1.06 bits per heavy atom. The van der Waals surface area contributed by atoms with E-state index in [1.807, 2.05) is 0 Å². The van der Waals surface area contributed by atoms with Crippen LogP contribution in [0.3, 0.4) is 0 Å². The fourth-order valence-corrected chi connectivity index (χ4v) is 3.84. The summed E-state index contributed by atoms with van der Waals surface area (Å²) in [5.74, 6) is -3.12. The van der Waals surface area contributed by atoms with Crippen molar-refractivity contribution in [2.75, 3.05) is 4.72 Å². The highest BCUT2D eigenvalue weighted by Crippen LogP contribution is 2.24. The molecule has 0 aliphatic carbocycles. The Hall–Kier alpha value is -3.50. The highest BCUT2D eigenvalue weighted by Gasteiger charge is 2.21. The molecule has 31 heavy (non-hydrogen) atoms. The first kappa shape index (κ1) is 22.2. The zero-order valence-corrected chi connectivity index (χ0v) is 17.1. The first-order chi connectivity index (χ1) is 14.7. The molecule has 0 heterocycles. The molecule has 0 aliphatic heterocycles. The second-order valence-corrected chi connectivity index (χ2v) is 8.22. The Morgan fingerprint density at radius 2 is 1.81 bits per heavy atom. The van der Waals surface area contributed by atoms with Crippen molar-refractivity contribution < 1.29 is 27.1 Å². The summed E-state index contributed by atoms with van der Waals surface area (Å²) in [6.07, 6.45) is 1.11. The van der Waals surface area contributed by atoms with Crippen molar-refractivity contribution in [1.82, 2.24) is 5.43 Å². The monoisotopic (exact) mass is 465 g/mol. The van der Waals surface area contributed by atoms with E-state index in [0.717, 1.165) is 18.3 Å². The SMILES string of the molecule is O=C(N/N=C/c1cc(Cl)ccc1NS(=O)(=O)c1ccc(F)cc1F)c1ccccc1O. The van der Waals surface area contributed by atoms with Crippen LogP contribution in [-0.4, -0.2) is 25.6 Å². The van der Waals surface area contributed by atoms with Gasteiger partial charge in [-0.15, -0.1) is 0 Å². The van der Waals surface area contributed by atoms with Gasteiger partial charge in [-0.1, -0.05) is 23.7 Å². The normalized spacial score (nSPS) is 11.5. The number of hydrazone groups is 1. The zero-order valence-electron chi connectivity index (χ0n) is 15.5. The number of aromatic hydroxyl groups is 1. The number of nitrogens with zero attached hydrogens (tertiary/aromatic N) is 1. The van der Waals surface area contributed by atoms with Crippen molar-refractivity contribution in [2.24, 2.45) is 5.10 Å². The molecule has 7 nitrogen and oxygen atoms in total. The van der Waals surface area contributed by atoms with Gasteiger partial charge in [0.1, 0.15) is 22.3 Å². The minimum Gasteiger partial charge on any atom is -0.507 e. The van der Waals surface area contributed by atoms with Crippen molar-refractivity contribution in [3.05, 3.63) is 88.4 Å². The minimum atomic E-state index is -4.40.